The Hall–Kier alpha value is -3.84. The molecule has 0 unspecified atom stereocenters. The first-order valence-corrected chi connectivity index (χ1v) is 10.8. The molecule has 0 aliphatic heterocycles. The maximum absolute atomic E-state index is 12.7. The number of fused-ring (bicyclic) bond motifs is 1. The van der Waals surface area contributed by atoms with Crippen LogP contribution in [-0.2, 0) is 4.79 Å². The van der Waals surface area contributed by atoms with Gasteiger partial charge in [-0.05, 0) is 30.3 Å². The van der Waals surface area contributed by atoms with Gasteiger partial charge in [0.05, 0.1) is 11.4 Å². The molecular formula is C24H19N5OS. The Morgan fingerprint density at radius 3 is 2.48 bits per heavy atom. The number of H-pyrrole nitrogens is 1. The van der Waals surface area contributed by atoms with Crippen molar-refractivity contribution in [3.8, 4) is 17.1 Å². The van der Waals surface area contributed by atoms with Gasteiger partial charge in [0, 0.05) is 28.4 Å². The quantitative estimate of drug-likeness (QED) is 0.369. The predicted octanol–water partition coefficient (Wildman–Crippen LogP) is 5.15. The van der Waals surface area contributed by atoms with Gasteiger partial charge in [-0.2, -0.15) is 0 Å². The van der Waals surface area contributed by atoms with Crippen LogP contribution in [0.5, 0.6) is 0 Å². The van der Waals surface area contributed by atoms with Crippen LogP contribution in [0.3, 0.4) is 0 Å². The van der Waals surface area contributed by atoms with Crippen molar-refractivity contribution in [2.75, 3.05) is 11.1 Å². The number of rotatable bonds is 6. The van der Waals surface area contributed by atoms with Crippen molar-refractivity contribution >= 4 is 34.3 Å². The number of thioether (sulfide) groups is 1. The van der Waals surface area contributed by atoms with Gasteiger partial charge < -0.3 is 10.3 Å². The van der Waals surface area contributed by atoms with E-state index in [9.17, 15) is 4.79 Å². The first-order chi connectivity index (χ1) is 15.3. The number of amides is 1. The molecule has 0 atom stereocenters. The van der Waals surface area contributed by atoms with Gasteiger partial charge in [-0.15, -0.1) is 10.2 Å². The molecule has 152 valence electrons. The molecule has 31 heavy (non-hydrogen) atoms. The van der Waals surface area contributed by atoms with Gasteiger partial charge in [-0.1, -0.05) is 66.4 Å². The largest absolute Gasteiger partial charge is 0.361 e. The Bertz CT molecular complexity index is 1330. The summed E-state index contributed by atoms with van der Waals surface area (Å²) in [7, 11) is 0. The lowest BCUT2D eigenvalue weighted by molar-refractivity contribution is -0.113. The summed E-state index contributed by atoms with van der Waals surface area (Å²) in [5.41, 5.74) is 3.70. The fraction of sp³-hybridized carbons (Fsp3) is 0.0417. The lowest BCUT2D eigenvalue weighted by Crippen LogP contribution is -2.14. The van der Waals surface area contributed by atoms with E-state index in [4.69, 9.17) is 0 Å². The number of hydrogen-bond acceptors (Lipinski definition) is 4. The van der Waals surface area contributed by atoms with Crippen molar-refractivity contribution in [1.82, 2.24) is 19.7 Å². The van der Waals surface area contributed by atoms with E-state index in [0.717, 1.165) is 33.7 Å². The summed E-state index contributed by atoms with van der Waals surface area (Å²) in [5, 5.41) is 13.4. The number of carbonyl (C=O) groups excluding carboxylic acids is 1. The van der Waals surface area contributed by atoms with Crippen LogP contribution in [0.1, 0.15) is 0 Å². The SMILES string of the molecule is O=C(CSc1nnc(-c2ccccc2)n1-c1ccccc1)Nc1cccc2[nH]ccc12. The van der Waals surface area contributed by atoms with Crippen LogP contribution >= 0.6 is 11.8 Å². The zero-order valence-corrected chi connectivity index (χ0v) is 17.3. The van der Waals surface area contributed by atoms with Crippen LogP contribution < -0.4 is 5.32 Å². The number of carbonyl (C=O) groups is 1. The van der Waals surface area contributed by atoms with E-state index < -0.39 is 0 Å². The van der Waals surface area contributed by atoms with E-state index in [1.807, 2.05) is 95.7 Å². The Morgan fingerprint density at radius 1 is 0.903 bits per heavy atom. The van der Waals surface area contributed by atoms with Gasteiger partial charge in [-0.25, -0.2) is 0 Å². The van der Waals surface area contributed by atoms with Crippen LogP contribution in [0.25, 0.3) is 28.0 Å². The second kappa shape index (κ2) is 8.49. The molecular weight excluding hydrogens is 406 g/mol. The summed E-state index contributed by atoms with van der Waals surface area (Å²) in [6, 6.07) is 27.6. The van der Waals surface area contributed by atoms with Crippen molar-refractivity contribution in [2.45, 2.75) is 5.16 Å². The maximum Gasteiger partial charge on any atom is 0.234 e. The van der Waals surface area contributed by atoms with Crippen molar-refractivity contribution < 1.29 is 4.79 Å². The predicted molar refractivity (Wildman–Crippen MR) is 124 cm³/mol. The van der Waals surface area contributed by atoms with Gasteiger partial charge in [0.1, 0.15) is 0 Å². The van der Waals surface area contributed by atoms with E-state index >= 15 is 0 Å². The van der Waals surface area contributed by atoms with Gasteiger partial charge in [-0.3, -0.25) is 9.36 Å². The average Bonchev–Trinajstić information content (AvgIpc) is 3.47. The molecule has 0 aliphatic rings. The molecule has 7 heteroatoms. The molecule has 0 saturated carbocycles. The average molecular weight is 426 g/mol. The van der Waals surface area contributed by atoms with Gasteiger partial charge in [0.25, 0.3) is 0 Å². The zero-order valence-electron chi connectivity index (χ0n) is 16.5. The van der Waals surface area contributed by atoms with E-state index in [1.54, 1.807) is 0 Å². The lowest BCUT2D eigenvalue weighted by Gasteiger charge is -2.10. The molecule has 0 spiro atoms. The highest BCUT2D eigenvalue weighted by Gasteiger charge is 2.17. The Kier molecular flexibility index (Phi) is 5.24. The Labute approximate surface area is 183 Å². The number of anilines is 1. The fourth-order valence-electron chi connectivity index (χ4n) is 3.46. The summed E-state index contributed by atoms with van der Waals surface area (Å²) >= 11 is 1.36. The van der Waals surface area contributed by atoms with Crippen molar-refractivity contribution in [2.24, 2.45) is 0 Å². The van der Waals surface area contributed by atoms with Crippen LogP contribution in [-0.4, -0.2) is 31.4 Å². The number of nitrogens with one attached hydrogen (secondary N) is 2. The standard InChI is InChI=1S/C24H19N5OS/c30-22(26-21-13-7-12-20-19(21)14-15-25-20)16-31-24-28-27-23(17-8-3-1-4-9-17)29(24)18-10-5-2-6-11-18/h1-15,25H,16H2,(H,26,30). The summed E-state index contributed by atoms with van der Waals surface area (Å²) in [4.78, 5) is 15.8. The summed E-state index contributed by atoms with van der Waals surface area (Å²) in [6.07, 6.45) is 1.86. The second-order valence-electron chi connectivity index (χ2n) is 6.92. The van der Waals surface area contributed by atoms with Crippen molar-refractivity contribution in [3.05, 3.63) is 91.1 Å². The first kappa shape index (κ1) is 19.1. The second-order valence-corrected chi connectivity index (χ2v) is 7.87. The molecule has 0 bridgehead atoms. The molecule has 0 aliphatic carbocycles. The van der Waals surface area contributed by atoms with Crippen LogP contribution in [0.2, 0.25) is 0 Å². The highest BCUT2D eigenvalue weighted by Crippen LogP contribution is 2.28. The monoisotopic (exact) mass is 425 g/mol. The maximum atomic E-state index is 12.7. The molecule has 2 heterocycles. The van der Waals surface area contributed by atoms with Gasteiger partial charge in [0.2, 0.25) is 5.91 Å². The molecule has 5 aromatic rings. The summed E-state index contributed by atoms with van der Waals surface area (Å²) < 4.78 is 1.99. The number of hydrogen-bond donors (Lipinski definition) is 2. The summed E-state index contributed by atoms with van der Waals surface area (Å²) in [6.45, 7) is 0. The van der Waals surface area contributed by atoms with E-state index in [2.05, 4.69) is 20.5 Å². The molecule has 2 aromatic heterocycles. The number of aromatic amines is 1. The molecule has 2 N–H and O–H groups in total. The van der Waals surface area contributed by atoms with E-state index in [-0.39, 0.29) is 11.7 Å². The normalized spacial score (nSPS) is 11.0. The smallest absolute Gasteiger partial charge is 0.234 e. The number of aromatic nitrogens is 4. The topological polar surface area (TPSA) is 75.6 Å². The molecule has 6 nitrogen and oxygen atoms in total. The van der Waals surface area contributed by atoms with Crippen molar-refractivity contribution in [3.63, 3.8) is 0 Å². The third-order valence-electron chi connectivity index (χ3n) is 4.88. The van der Waals surface area contributed by atoms with Gasteiger partial charge in [0.15, 0.2) is 11.0 Å². The van der Waals surface area contributed by atoms with Crippen molar-refractivity contribution in [1.29, 1.82) is 0 Å². The molecule has 0 saturated heterocycles. The zero-order chi connectivity index (χ0) is 21.0. The molecule has 5 rings (SSSR count). The lowest BCUT2D eigenvalue weighted by atomic mass is 10.2. The molecule has 1 amide bonds. The number of para-hydroxylation sites is 1. The Morgan fingerprint density at radius 2 is 1.68 bits per heavy atom. The number of nitrogens with zero attached hydrogens (tertiary/aromatic N) is 3. The van der Waals surface area contributed by atoms with E-state index in [0.29, 0.717) is 5.16 Å². The third kappa shape index (κ3) is 3.95. The minimum atomic E-state index is -0.0948. The first-order valence-electron chi connectivity index (χ1n) is 9.84. The highest BCUT2D eigenvalue weighted by molar-refractivity contribution is 7.99. The third-order valence-corrected chi connectivity index (χ3v) is 5.81. The number of benzene rings is 3. The molecule has 0 fully saturated rings. The summed E-state index contributed by atoms with van der Waals surface area (Å²) in [5.74, 6) is 0.870. The minimum absolute atomic E-state index is 0.0948. The van der Waals surface area contributed by atoms with Crippen LogP contribution in [0, 0.1) is 0 Å². The minimum Gasteiger partial charge on any atom is -0.361 e. The Balaban J connectivity index is 1.40. The fourth-order valence-corrected chi connectivity index (χ4v) is 4.21. The van der Waals surface area contributed by atoms with E-state index in [1.165, 1.54) is 11.8 Å². The van der Waals surface area contributed by atoms with Crippen LogP contribution in [0.15, 0.2) is 96.3 Å². The van der Waals surface area contributed by atoms with Crippen LogP contribution in [0.4, 0.5) is 5.69 Å². The molecule has 3 aromatic carbocycles. The highest BCUT2D eigenvalue weighted by atomic mass is 32.2. The van der Waals surface area contributed by atoms with Gasteiger partial charge >= 0.3 is 0 Å². The molecule has 0 radical (unpaired) electrons.